The minimum atomic E-state index is -1.68. The monoisotopic (exact) mass is 376 g/mol. The highest BCUT2D eigenvalue weighted by Crippen LogP contribution is 2.27. The van der Waals surface area contributed by atoms with E-state index in [1.807, 2.05) is 24.3 Å². The standard InChI is InChI=1S/C6H4Br3ClSi/c7-11(8,9)6-3-1-5(10)2-4-6/h1-4H. The van der Waals surface area contributed by atoms with Gasteiger partial charge in [0.25, 0.3) is 3.93 Å². The predicted octanol–water partition coefficient (Wildman–Crippen LogP) is 3.67. The van der Waals surface area contributed by atoms with Gasteiger partial charge in [0.05, 0.1) is 0 Å². The zero-order valence-electron chi connectivity index (χ0n) is 5.32. The van der Waals surface area contributed by atoms with E-state index in [4.69, 9.17) is 11.6 Å². The maximum absolute atomic E-state index is 5.73. The van der Waals surface area contributed by atoms with Crippen molar-refractivity contribution in [3.8, 4) is 0 Å². The molecule has 0 spiro atoms. The van der Waals surface area contributed by atoms with Crippen LogP contribution < -0.4 is 5.19 Å². The van der Waals surface area contributed by atoms with Crippen LogP contribution in [0, 0.1) is 0 Å². The van der Waals surface area contributed by atoms with Gasteiger partial charge in [0.2, 0.25) is 0 Å². The molecule has 0 fully saturated rings. The summed E-state index contributed by atoms with van der Waals surface area (Å²) in [5.74, 6) is 0. The third-order valence-electron chi connectivity index (χ3n) is 1.17. The van der Waals surface area contributed by atoms with Crippen molar-refractivity contribution in [2.45, 2.75) is 0 Å². The van der Waals surface area contributed by atoms with Gasteiger partial charge in [0, 0.05) is 5.02 Å². The molecule has 5 heteroatoms. The Balaban J connectivity index is 2.99. The van der Waals surface area contributed by atoms with E-state index in [1.54, 1.807) is 0 Å². The molecular formula is C6H4Br3ClSi. The van der Waals surface area contributed by atoms with E-state index in [0.29, 0.717) is 0 Å². The first kappa shape index (κ1) is 10.2. The van der Waals surface area contributed by atoms with E-state index in [9.17, 15) is 0 Å². The Bertz CT molecular complexity index is 241. The fraction of sp³-hybridized carbons (Fsp3) is 0. The number of rotatable bonds is 1. The molecule has 0 unspecified atom stereocenters. The van der Waals surface area contributed by atoms with Gasteiger partial charge in [0.15, 0.2) is 0 Å². The van der Waals surface area contributed by atoms with Gasteiger partial charge in [-0.2, -0.15) is 0 Å². The molecule has 11 heavy (non-hydrogen) atoms. The molecule has 0 saturated carbocycles. The highest BCUT2D eigenvalue weighted by molar-refractivity contribution is 9.72. The van der Waals surface area contributed by atoms with Gasteiger partial charge in [-0.05, 0) is 17.3 Å². The average molecular weight is 379 g/mol. The van der Waals surface area contributed by atoms with Crippen LogP contribution in [0.1, 0.15) is 0 Å². The highest BCUT2D eigenvalue weighted by atomic mass is 80.0. The van der Waals surface area contributed by atoms with E-state index >= 15 is 0 Å². The van der Waals surface area contributed by atoms with Crippen LogP contribution in [-0.2, 0) is 0 Å². The van der Waals surface area contributed by atoms with Crippen molar-refractivity contribution in [2.24, 2.45) is 0 Å². The molecule has 0 N–H and O–H groups in total. The van der Waals surface area contributed by atoms with Crippen LogP contribution in [0.4, 0.5) is 0 Å². The largest absolute Gasteiger partial charge is 0.297 e. The molecule has 0 bridgehead atoms. The first-order valence-electron chi connectivity index (χ1n) is 2.83. The van der Waals surface area contributed by atoms with E-state index in [-0.39, 0.29) is 0 Å². The second kappa shape index (κ2) is 3.92. The average Bonchev–Trinajstić information content (AvgIpc) is 1.86. The minimum Gasteiger partial charge on any atom is -0.0910 e. The Morgan fingerprint density at radius 2 is 1.45 bits per heavy atom. The SMILES string of the molecule is Clc1ccc([Si](Br)(Br)Br)cc1. The molecule has 0 aliphatic carbocycles. The van der Waals surface area contributed by atoms with Gasteiger partial charge in [-0.3, -0.25) is 0 Å². The fourth-order valence-electron chi connectivity index (χ4n) is 0.639. The van der Waals surface area contributed by atoms with Crippen LogP contribution in [0.25, 0.3) is 0 Å². The molecule has 0 aliphatic rings. The molecule has 0 aliphatic heterocycles. The zero-order valence-corrected chi connectivity index (χ0v) is 11.8. The maximum Gasteiger partial charge on any atom is 0.297 e. The lowest BCUT2D eigenvalue weighted by Gasteiger charge is -2.08. The second-order valence-electron chi connectivity index (χ2n) is 2.00. The van der Waals surface area contributed by atoms with Crippen LogP contribution in [0.3, 0.4) is 0 Å². The van der Waals surface area contributed by atoms with E-state index in [1.165, 1.54) is 5.19 Å². The molecule has 0 radical (unpaired) electrons. The van der Waals surface area contributed by atoms with Gasteiger partial charge in [-0.1, -0.05) is 69.6 Å². The van der Waals surface area contributed by atoms with Crippen molar-refractivity contribution in [3.05, 3.63) is 29.3 Å². The van der Waals surface area contributed by atoms with Crippen molar-refractivity contribution in [1.29, 1.82) is 0 Å². The van der Waals surface area contributed by atoms with E-state index < -0.39 is 3.93 Å². The smallest absolute Gasteiger partial charge is 0.0910 e. The summed E-state index contributed by atoms with van der Waals surface area (Å²) in [5, 5.41) is 1.97. The molecule has 0 heterocycles. The Labute approximate surface area is 95.1 Å². The van der Waals surface area contributed by atoms with Crippen molar-refractivity contribution in [2.75, 3.05) is 0 Å². The summed E-state index contributed by atoms with van der Waals surface area (Å²) in [5.41, 5.74) is 0. The van der Waals surface area contributed by atoms with Crippen molar-refractivity contribution < 1.29 is 0 Å². The summed E-state index contributed by atoms with van der Waals surface area (Å²) in [7, 11) is 0. The van der Waals surface area contributed by atoms with Gasteiger partial charge in [0.1, 0.15) is 0 Å². The van der Waals surface area contributed by atoms with Gasteiger partial charge in [-0.25, -0.2) is 0 Å². The summed E-state index contributed by atoms with van der Waals surface area (Å²) in [4.78, 5) is 0. The topological polar surface area (TPSA) is 0 Å². The quantitative estimate of drug-likeness (QED) is 0.516. The first-order valence-corrected chi connectivity index (χ1v) is 12.0. The fourth-order valence-corrected chi connectivity index (χ4v) is 3.69. The number of benzene rings is 1. The third kappa shape index (κ3) is 3.18. The molecule has 0 nitrogen and oxygen atoms in total. The van der Waals surface area contributed by atoms with Gasteiger partial charge in [-0.15, -0.1) is 0 Å². The molecule has 0 aromatic heterocycles. The second-order valence-corrected chi connectivity index (χ2v) is 24.3. The first-order chi connectivity index (χ1) is 5.00. The Hall–Kier alpha value is 1.17. The summed E-state index contributed by atoms with van der Waals surface area (Å²) in [6, 6.07) is 7.74. The normalized spacial score (nSPS) is 11.6. The van der Waals surface area contributed by atoms with Crippen LogP contribution in [0.15, 0.2) is 24.3 Å². The number of hydrogen-bond acceptors (Lipinski definition) is 0. The molecule has 1 aromatic rings. The lowest BCUT2D eigenvalue weighted by molar-refractivity contribution is 1.77. The minimum absolute atomic E-state index is 0.763. The van der Waals surface area contributed by atoms with Crippen molar-refractivity contribution in [3.63, 3.8) is 0 Å². The van der Waals surface area contributed by atoms with Gasteiger partial charge < -0.3 is 0 Å². The Morgan fingerprint density at radius 1 is 1.00 bits per heavy atom. The molecule has 0 atom stereocenters. The van der Waals surface area contributed by atoms with Crippen LogP contribution in [-0.4, -0.2) is 3.93 Å². The highest BCUT2D eigenvalue weighted by Gasteiger charge is 2.24. The summed E-state index contributed by atoms with van der Waals surface area (Å²) >= 11 is 16.4. The van der Waals surface area contributed by atoms with Crippen LogP contribution >= 0.6 is 57.5 Å². The third-order valence-corrected chi connectivity index (χ3v) is 6.53. The van der Waals surface area contributed by atoms with Crippen LogP contribution in [0.2, 0.25) is 5.02 Å². The van der Waals surface area contributed by atoms with Crippen molar-refractivity contribution >= 4 is 66.6 Å². The van der Waals surface area contributed by atoms with Crippen LogP contribution in [0.5, 0.6) is 0 Å². The number of halogens is 4. The number of hydrogen-bond donors (Lipinski definition) is 0. The Kier molecular flexibility index (Phi) is 3.65. The zero-order chi connectivity index (χ0) is 8.48. The molecule has 1 aromatic carbocycles. The van der Waals surface area contributed by atoms with E-state index in [2.05, 4.69) is 45.9 Å². The summed E-state index contributed by atoms with van der Waals surface area (Å²) in [6.07, 6.45) is 0. The Morgan fingerprint density at radius 3 is 1.82 bits per heavy atom. The van der Waals surface area contributed by atoms with E-state index in [0.717, 1.165) is 5.02 Å². The summed E-state index contributed by atoms with van der Waals surface area (Å²) < 4.78 is -1.68. The maximum atomic E-state index is 5.73. The molecular weight excluding hydrogens is 375 g/mol. The van der Waals surface area contributed by atoms with Crippen molar-refractivity contribution in [1.82, 2.24) is 0 Å². The molecule has 0 saturated heterocycles. The molecule has 0 amide bonds. The molecule has 1 rings (SSSR count). The summed E-state index contributed by atoms with van der Waals surface area (Å²) in [6.45, 7) is 0. The lowest BCUT2D eigenvalue weighted by Crippen LogP contribution is -2.27. The lowest BCUT2D eigenvalue weighted by atomic mass is 10.4. The predicted molar refractivity (Wildman–Crippen MR) is 63.6 cm³/mol. The molecule has 60 valence electrons. The van der Waals surface area contributed by atoms with Gasteiger partial charge >= 0.3 is 0 Å².